The fourth-order valence-corrected chi connectivity index (χ4v) is 2.98. The second-order valence-corrected chi connectivity index (χ2v) is 5.67. The Morgan fingerprint density at radius 2 is 2.33 bits per heavy atom. The molecule has 0 aromatic heterocycles. The topological polar surface area (TPSA) is 64.3 Å². The highest BCUT2D eigenvalue weighted by molar-refractivity contribution is 5.75. The van der Waals surface area contributed by atoms with E-state index in [1.54, 1.807) is 6.07 Å². The number of nitriles is 1. The lowest BCUT2D eigenvalue weighted by Gasteiger charge is -2.39. The van der Waals surface area contributed by atoms with Crippen molar-refractivity contribution in [2.24, 2.45) is 5.41 Å². The van der Waals surface area contributed by atoms with Crippen molar-refractivity contribution >= 4 is 5.97 Å². The molecule has 0 spiro atoms. The first-order valence-corrected chi connectivity index (χ1v) is 7.15. The average molecular weight is 290 g/mol. The molecule has 1 fully saturated rings. The molecule has 0 aliphatic carbocycles. The number of benzene rings is 1. The number of hydrogen-bond donors (Lipinski definition) is 1. The van der Waals surface area contributed by atoms with Crippen molar-refractivity contribution in [2.45, 2.75) is 32.7 Å². The molecule has 1 N–H and O–H groups in total. The molecule has 1 atom stereocenters. The Balaban J connectivity index is 2.17. The summed E-state index contributed by atoms with van der Waals surface area (Å²) >= 11 is 0. The van der Waals surface area contributed by atoms with Crippen molar-refractivity contribution in [1.82, 2.24) is 4.90 Å². The zero-order valence-electron chi connectivity index (χ0n) is 12.1. The van der Waals surface area contributed by atoms with Gasteiger partial charge in [-0.25, -0.2) is 4.39 Å². The van der Waals surface area contributed by atoms with Crippen LogP contribution >= 0.6 is 0 Å². The molecule has 0 bridgehead atoms. The quantitative estimate of drug-likeness (QED) is 0.926. The van der Waals surface area contributed by atoms with Gasteiger partial charge in [-0.15, -0.1) is 0 Å². The van der Waals surface area contributed by atoms with Crippen LogP contribution in [-0.2, 0) is 11.3 Å². The lowest BCUT2D eigenvalue weighted by Crippen LogP contribution is -2.47. The molecule has 1 saturated heterocycles. The summed E-state index contributed by atoms with van der Waals surface area (Å²) in [6.07, 6.45) is 2.02. The lowest BCUT2D eigenvalue weighted by molar-refractivity contribution is -0.153. The Labute approximate surface area is 123 Å². The minimum Gasteiger partial charge on any atom is -0.481 e. The molecule has 0 saturated carbocycles. The molecule has 1 aliphatic heterocycles. The molecular formula is C16H19FN2O2. The van der Waals surface area contributed by atoms with Gasteiger partial charge >= 0.3 is 5.97 Å². The second-order valence-electron chi connectivity index (χ2n) is 5.67. The molecule has 1 unspecified atom stereocenters. The van der Waals surface area contributed by atoms with E-state index >= 15 is 0 Å². The number of halogens is 1. The summed E-state index contributed by atoms with van der Waals surface area (Å²) in [4.78, 5) is 13.5. The largest absolute Gasteiger partial charge is 0.481 e. The predicted molar refractivity (Wildman–Crippen MR) is 76.0 cm³/mol. The molecule has 112 valence electrons. The molecule has 0 amide bonds. The zero-order valence-corrected chi connectivity index (χ0v) is 12.1. The van der Waals surface area contributed by atoms with Gasteiger partial charge in [0.1, 0.15) is 5.82 Å². The third-order valence-corrected chi connectivity index (χ3v) is 4.36. The minimum atomic E-state index is -0.777. The number of carbonyl (C=O) groups is 1. The van der Waals surface area contributed by atoms with E-state index in [1.165, 1.54) is 12.1 Å². The van der Waals surface area contributed by atoms with Crippen molar-refractivity contribution in [1.29, 1.82) is 5.26 Å². The van der Waals surface area contributed by atoms with Gasteiger partial charge in [-0.1, -0.05) is 6.92 Å². The highest BCUT2D eigenvalue weighted by atomic mass is 19.1. The number of likely N-dealkylation sites (tertiary alicyclic amines) is 1. The van der Waals surface area contributed by atoms with E-state index in [-0.39, 0.29) is 5.82 Å². The van der Waals surface area contributed by atoms with Crippen molar-refractivity contribution < 1.29 is 14.3 Å². The van der Waals surface area contributed by atoms with Gasteiger partial charge in [-0.2, -0.15) is 5.26 Å². The van der Waals surface area contributed by atoms with Gasteiger partial charge in [0.05, 0.1) is 17.0 Å². The van der Waals surface area contributed by atoms with E-state index < -0.39 is 11.4 Å². The first kappa shape index (κ1) is 15.5. The van der Waals surface area contributed by atoms with E-state index in [9.17, 15) is 14.3 Å². The monoisotopic (exact) mass is 290 g/mol. The molecule has 1 aromatic rings. The van der Waals surface area contributed by atoms with E-state index in [1.807, 2.05) is 17.9 Å². The summed E-state index contributed by atoms with van der Waals surface area (Å²) in [5.41, 5.74) is 0.136. The molecule has 1 aromatic carbocycles. The summed E-state index contributed by atoms with van der Waals surface area (Å²) in [7, 11) is 0. The normalized spacial score (nSPS) is 22.7. The molecule has 1 heterocycles. The van der Waals surface area contributed by atoms with Crippen LogP contribution in [0.25, 0.3) is 0 Å². The minimum absolute atomic E-state index is 0.344. The van der Waals surface area contributed by atoms with E-state index in [0.717, 1.165) is 13.0 Å². The number of rotatable bonds is 4. The third-order valence-electron chi connectivity index (χ3n) is 4.36. The van der Waals surface area contributed by atoms with Crippen molar-refractivity contribution in [3.63, 3.8) is 0 Å². The highest BCUT2D eigenvalue weighted by Gasteiger charge is 2.40. The molecule has 2 rings (SSSR count). The second kappa shape index (κ2) is 6.23. The van der Waals surface area contributed by atoms with Crippen LogP contribution in [0.3, 0.4) is 0 Å². The zero-order chi connectivity index (χ0) is 15.5. The molecule has 5 heteroatoms. The number of piperidine rings is 1. The fraction of sp³-hybridized carbons (Fsp3) is 0.500. The Bertz CT molecular complexity index is 582. The third kappa shape index (κ3) is 3.22. The first-order valence-electron chi connectivity index (χ1n) is 7.15. The van der Waals surface area contributed by atoms with Gasteiger partial charge in [0.2, 0.25) is 0 Å². The molecule has 4 nitrogen and oxygen atoms in total. The fourth-order valence-electron chi connectivity index (χ4n) is 2.98. The van der Waals surface area contributed by atoms with Crippen LogP contribution in [0.2, 0.25) is 0 Å². The molecule has 0 radical (unpaired) electrons. The summed E-state index contributed by atoms with van der Waals surface area (Å²) in [6.45, 7) is 3.41. The van der Waals surface area contributed by atoms with Crippen LogP contribution in [0, 0.1) is 22.6 Å². The van der Waals surface area contributed by atoms with Crippen LogP contribution in [0.4, 0.5) is 4.39 Å². The van der Waals surface area contributed by atoms with Gasteiger partial charge in [0, 0.05) is 18.7 Å². The van der Waals surface area contributed by atoms with Crippen molar-refractivity contribution in [3.8, 4) is 6.07 Å². The van der Waals surface area contributed by atoms with Crippen molar-refractivity contribution in [2.75, 3.05) is 13.1 Å². The molecule has 1 aliphatic rings. The molecule has 21 heavy (non-hydrogen) atoms. The van der Waals surface area contributed by atoms with Gasteiger partial charge in [0.25, 0.3) is 0 Å². The Morgan fingerprint density at radius 1 is 1.57 bits per heavy atom. The summed E-state index contributed by atoms with van der Waals surface area (Å²) < 4.78 is 13.8. The van der Waals surface area contributed by atoms with Gasteiger partial charge in [-0.05, 0) is 44.0 Å². The number of nitrogens with zero attached hydrogens (tertiary/aromatic N) is 2. The van der Waals surface area contributed by atoms with Gasteiger partial charge in [-0.3, -0.25) is 9.69 Å². The Morgan fingerprint density at radius 3 is 2.95 bits per heavy atom. The maximum atomic E-state index is 13.8. The van der Waals surface area contributed by atoms with Crippen LogP contribution in [-0.4, -0.2) is 29.1 Å². The van der Waals surface area contributed by atoms with Crippen LogP contribution in [0.1, 0.15) is 37.3 Å². The van der Waals surface area contributed by atoms with E-state index in [0.29, 0.717) is 37.1 Å². The Hall–Kier alpha value is -1.93. The van der Waals surface area contributed by atoms with E-state index in [2.05, 4.69) is 0 Å². The number of aliphatic carboxylic acids is 1. The van der Waals surface area contributed by atoms with Crippen LogP contribution in [0.15, 0.2) is 18.2 Å². The maximum Gasteiger partial charge on any atom is 0.310 e. The van der Waals surface area contributed by atoms with Crippen LogP contribution < -0.4 is 0 Å². The van der Waals surface area contributed by atoms with Crippen LogP contribution in [0.5, 0.6) is 0 Å². The predicted octanol–water partition coefficient (Wildman–Crippen LogP) is 2.77. The summed E-state index contributed by atoms with van der Waals surface area (Å²) in [5, 5.41) is 18.4. The Kier molecular flexibility index (Phi) is 4.59. The SMILES string of the molecule is CCC1(C(=O)O)CCCN(Cc2cc(C#N)ccc2F)C1. The summed E-state index contributed by atoms with van der Waals surface area (Å²) in [5.74, 6) is -1.13. The average Bonchev–Trinajstić information content (AvgIpc) is 2.49. The maximum absolute atomic E-state index is 13.8. The van der Waals surface area contributed by atoms with Gasteiger partial charge < -0.3 is 5.11 Å². The number of carboxylic acid groups (broad SMARTS) is 1. The number of hydrogen-bond acceptors (Lipinski definition) is 3. The van der Waals surface area contributed by atoms with Crippen molar-refractivity contribution in [3.05, 3.63) is 35.1 Å². The number of carboxylic acids is 1. The standard InChI is InChI=1S/C16H19FN2O2/c1-2-16(15(20)21)6-3-7-19(11-16)10-13-8-12(9-18)4-5-14(13)17/h4-5,8H,2-3,6-7,10-11H2,1H3,(H,20,21). The van der Waals surface area contributed by atoms with Gasteiger partial charge in [0.15, 0.2) is 0 Å². The lowest BCUT2D eigenvalue weighted by atomic mass is 9.77. The highest BCUT2D eigenvalue weighted by Crippen LogP contribution is 2.34. The van der Waals surface area contributed by atoms with E-state index in [4.69, 9.17) is 5.26 Å². The summed E-state index contributed by atoms with van der Waals surface area (Å²) in [6, 6.07) is 6.28. The first-order chi connectivity index (χ1) is 10.0. The molecular weight excluding hydrogens is 271 g/mol. The smallest absolute Gasteiger partial charge is 0.310 e.